The van der Waals surface area contributed by atoms with Gasteiger partial charge in [-0.1, -0.05) is 0 Å². The van der Waals surface area contributed by atoms with Crippen molar-refractivity contribution in [3.63, 3.8) is 0 Å². The third kappa shape index (κ3) is 1.40. The molecule has 0 radical (unpaired) electrons. The van der Waals surface area contributed by atoms with E-state index in [1.807, 2.05) is 0 Å². The Balaban J connectivity index is 1.27. The van der Waals surface area contributed by atoms with E-state index < -0.39 is 46.5 Å². The Morgan fingerprint density at radius 3 is 1.43 bits per heavy atom. The highest BCUT2D eigenvalue weighted by Gasteiger charge is 2.78. The molecular formula is C21H20O7. The number of ether oxygens (including phenoxy) is 2. The highest BCUT2D eigenvalue weighted by atomic mass is 16.6. The zero-order valence-electron chi connectivity index (χ0n) is 15.2. The van der Waals surface area contributed by atoms with Crippen LogP contribution in [0.4, 0.5) is 0 Å². The van der Waals surface area contributed by atoms with E-state index in [1.165, 1.54) is 0 Å². The Kier molecular flexibility index (Phi) is 2.49. The normalized spacial score (nSPS) is 57.6. The van der Waals surface area contributed by atoms with Crippen molar-refractivity contribution in [3.8, 4) is 0 Å². The Morgan fingerprint density at radius 2 is 1.00 bits per heavy atom. The minimum atomic E-state index is -0.554. The molecule has 3 unspecified atom stereocenters. The van der Waals surface area contributed by atoms with Crippen LogP contribution < -0.4 is 0 Å². The summed E-state index contributed by atoms with van der Waals surface area (Å²) in [5, 5.41) is 0. The summed E-state index contributed by atoms with van der Waals surface area (Å²) >= 11 is 0. The van der Waals surface area contributed by atoms with Crippen LogP contribution in [-0.2, 0) is 33.4 Å². The molecule has 2 spiro atoms. The van der Waals surface area contributed by atoms with E-state index in [2.05, 4.69) is 0 Å². The van der Waals surface area contributed by atoms with Gasteiger partial charge in [0, 0.05) is 10.8 Å². The summed E-state index contributed by atoms with van der Waals surface area (Å²) < 4.78 is 9.82. The van der Waals surface area contributed by atoms with Crippen molar-refractivity contribution >= 4 is 29.7 Å². The summed E-state index contributed by atoms with van der Waals surface area (Å²) in [5.74, 6) is -3.28. The second kappa shape index (κ2) is 4.41. The lowest BCUT2D eigenvalue weighted by atomic mass is 9.58. The highest BCUT2D eigenvalue weighted by molar-refractivity contribution is 6.02. The fourth-order valence-electron chi connectivity index (χ4n) is 9.16. The molecule has 2 aliphatic heterocycles. The molecule has 0 aromatic rings. The minimum Gasteiger partial charge on any atom is -0.393 e. The molecule has 28 heavy (non-hydrogen) atoms. The number of cyclic esters (lactones) is 4. The van der Waals surface area contributed by atoms with Gasteiger partial charge in [0.15, 0.2) is 0 Å². The van der Waals surface area contributed by atoms with E-state index in [-0.39, 0.29) is 41.3 Å². The molecule has 10 atom stereocenters. The lowest BCUT2D eigenvalue weighted by Crippen LogP contribution is -2.48. The number of carbonyl (C=O) groups is 5. The lowest BCUT2D eigenvalue weighted by molar-refractivity contribution is -0.156. The van der Waals surface area contributed by atoms with Crippen LogP contribution in [0.25, 0.3) is 0 Å². The van der Waals surface area contributed by atoms with Crippen molar-refractivity contribution in [2.75, 3.05) is 0 Å². The molecule has 0 aromatic heterocycles. The van der Waals surface area contributed by atoms with Gasteiger partial charge < -0.3 is 9.47 Å². The third-order valence-corrected chi connectivity index (χ3v) is 9.85. The molecule has 4 bridgehead atoms. The van der Waals surface area contributed by atoms with Crippen LogP contribution in [0.15, 0.2) is 0 Å². The maximum absolute atomic E-state index is 14.0. The topological polar surface area (TPSA) is 104 Å². The van der Waals surface area contributed by atoms with E-state index in [9.17, 15) is 24.0 Å². The summed E-state index contributed by atoms with van der Waals surface area (Å²) in [5.41, 5.74) is -1.11. The first-order valence-corrected chi connectivity index (χ1v) is 10.4. The first-order chi connectivity index (χ1) is 13.4. The number of Topliss-reactive ketones (excluding diaryl/α,β-unsaturated/α-hetero) is 1. The molecule has 7 nitrogen and oxygen atoms in total. The first-order valence-electron chi connectivity index (χ1n) is 10.4. The van der Waals surface area contributed by atoms with Crippen molar-refractivity contribution in [2.24, 2.45) is 58.2 Å². The van der Waals surface area contributed by atoms with Gasteiger partial charge in [-0.05, 0) is 62.2 Å². The maximum Gasteiger partial charge on any atom is 0.317 e. The molecule has 7 aliphatic rings. The quantitative estimate of drug-likeness (QED) is 0.454. The van der Waals surface area contributed by atoms with Crippen molar-refractivity contribution in [3.05, 3.63) is 0 Å². The van der Waals surface area contributed by atoms with Gasteiger partial charge in [0.05, 0.1) is 23.7 Å². The molecule has 0 N–H and O–H groups in total. The predicted octanol–water partition coefficient (Wildman–Crippen LogP) is 1.03. The SMILES string of the molecule is O=C1OC(=O)[C@@H]2C1[C@H]1C[C@H]2C[C@]12CC[C@]1(CC3C[C@H]1C1C(=O)OC(=O)[C@H]31)C2=O. The van der Waals surface area contributed by atoms with E-state index in [4.69, 9.17) is 9.47 Å². The van der Waals surface area contributed by atoms with Gasteiger partial charge in [0.2, 0.25) is 0 Å². The number of hydrogen-bond acceptors (Lipinski definition) is 7. The molecule has 2 saturated heterocycles. The largest absolute Gasteiger partial charge is 0.393 e. The van der Waals surface area contributed by atoms with Crippen LogP contribution >= 0.6 is 0 Å². The zero-order chi connectivity index (χ0) is 19.2. The van der Waals surface area contributed by atoms with Crippen molar-refractivity contribution < 1.29 is 33.4 Å². The molecule has 7 fully saturated rings. The van der Waals surface area contributed by atoms with Gasteiger partial charge in [-0.2, -0.15) is 0 Å². The molecule has 0 aromatic carbocycles. The van der Waals surface area contributed by atoms with E-state index >= 15 is 0 Å². The standard InChI is InChI=1S/C21H20O7/c22-15-11-7-3-9(13(11)17(24)27-15)20(5-7)1-2-21(19(20)26)6-8-4-10(21)14-12(8)16(23)28-18(14)25/h7-14H,1-6H2/t7-,8?,9+,10-,11-,12+,13?,14?,20+,21+/m0/s1. The lowest BCUT2D eigenvalue weighted by Gasteiger charge is -2.41. The van der Waals surface area contributed by atoms with E-state index in [0.29, 0.717) is 12.8 Å². The van der Waals surface area contributed by atoms with Gasteiger partial charge in [0.1, 0.15) is 5.78 Å². The molecule has 5 saturated carbocycles. The number of fused-ring (bicyclic) bond motifs is 12. The molecular weight excluding hydrogens is 364 g/mol. The molecule has 5 aliphatic carbocycles. The summed E-state index contributed by atoms with van der Waals surface area (Å²) in [7, 11) is 0. The van der Waals surface area contributed by atoms with Gasteiger partial charge in [-0.3, -0.25) is 24.0 Å². The number of rotatable bonds is 0. The van der Waals surface area contributed by atoms with Gasteiger partial charge in [-0.15, -0.1) is 0 Å². The van der Waals surface area contributed by atoms with Crippen molar-refractivity contribution in [2.45, 2.75) is 38.5 Å². The van der Waals surface area contributed by atoms with Gasteiger partial charge in [-0.25, -0.2) is 0 Å². The van der Waals surface area contributed by atoms with Crippen LogP contribution in [-0.4, -0.2) is 29.7 Å². The molecule has 0 amide bonds. The number of hydrogen-bond donors (Lipinski definition) is 0. The van der Waals surface area contributed by atoms with Crippen LogP contribution in [0.2, 0.25) is 0 Å². The second-order valence-corrected chi connectivity index (χ2v) is 10.3. The summed E-state index contributed by atoms with van der Waals surface area (Å²) in [6.07, 6.45) is 4.27. The smallest absolute Gasteiger partial charge is 0.317 e. The molecule has 7 heteroatoms. The Bertz CT molecular complexity index is 850. The average Bonchev–Trinajstić information content (AvgIpc) is 3.46. The number of carbonyl (C=O) groups excluding carboxylic acids is 5. The second-order valence-electron chi connectivity index (χ2n) is 10.3. The maximum atomic E-state index is 14.0. The fraction of sp³-hybridized carbons (Fsp3) is 0.762. The Labute approximate surface area is 160 Å². The first kappa shape index (κ1) is 15.8. The van der Waals surface area contributed by atoms with Crippen LogP contribution in [0.1, 0.15) is 38.5 Å². The third-order valence-electron chi connectivity index (χ3n) is 9.85. The van der Waals surface area contributed by atoms with Crippen LogP contribution in [0.5, 0.6) is 0 Å². The highest BCUT2D eigenvalue weighted by Crippen LogP contribution is 2.75. The molecule has 146 valence electrons. The monoisotopic (exact) mass is 384 g/mol. The minimum absolute atomic E-state index is 0.0532. The number of ketones is 1. The summed E-state index contributed by atoms with van der Waals surface area (Å²) in [6.45, 7) is 0. The van der Waals surface area contributed by atoms with E-state index in [0.717, 1.165) is 25.7 Å². The molecule has 7 rings (SSSR count). The van der Waals surface area contributed by atoms with Gasteiger partial charge >= 0.3 is 23.9 Å². The average molecular weight is 384 g/mol. The summed E-state index contributed by atoms with van der Waals surface area (Å²) in [4.78, 5) is 62.8. The molecule has 2 heterocycles. The Hall–Kier alpha value is -2.05. The summed E-state index contributed by atoms with van der Waals surface area (Å²) in [6, 6.07) is 0. The van der Waals surface area contributed by atoms with Crippen molar-refractivity contribution in [1.82, 2.24) is 0 Å². The Morgan fingerprint density at radius 1 is 0.607 bits per heavy atom. The van der Waals surface area contributed by atoms with Gasteiger partial charge in [0.25, 0.3) is 0 Å². The predicted molar refractivity (Wildman–Crippen MR) is 87.7 cm³/mol. The van der Waals surface area contributed by atoms with Crippen LogP contribution in [0, 0.1) is 58.2 Å². The van der Waals surface area contributed by atoms with Crippen molar-refractivity contribution in [1.29, 1.82) is 0 Å². The fourth-order valence-corrected chi connectivity index (χ4v) is 9.16. The van der Waals surface area contributed by atoms with E-state index in [1.54, 1.807) is 0 Å². The zero-order valence-corrected chi connectivity index (χ0v) is 15.2. The number of esters is 4. The van der Waals surface area contributed by atoms with Crippen LogP contribution in [0.3, 0.4) is 0 Å².